The number of amides is 1. The number of likely N-dealkylation sites (N-methyl/N-ethyl adjacent to an activating group) is 1. The number of anilines is 1. The van der Waals surface area contributed by atoms with Gasteiger partial charge in [0.15, 0.2) is 22.1 Å². The molecule has 1 atom stereocenters. The smallest absolute Gasteiger partial charge is 0.280 e. The second-order valence-corrected chi connectivity index (χ2v) is 9.82. The normalized spacial score (nSPS) is 17.0. The standard InChI is InChI=1S/C19H23FN4O6S2/c1-24(8-10-28-2)32(26,27)15-5-3-13(4-6-15)17(23-30-14-7-9-29-12-14)18(25)22-19-21-11-16(20)31-19/h3-6,11,14H,7-10,12H2,1-2H3,(H,21,22,25)/b23-17+/t14-/m1/s1. The van der Waals surface area contributed by atoms with E-state index in [1.807, 2.05) is 0 Å². The van der Waals surface area contributed by atoms with E-state index >= 15 is 0 Å². The molecule has 1 aliphatic heterocycles. The minimum Gasteiger partial charge on any atom is -0.389 e. The lowest BCUT2D eigenvalue weighted by Gasteiger charge is -2.17. The van der Waals surface area contributed by atoms with Gasteiger partial charge in [-0.05, 0) is 12.1 Å². The fourth-order valence-electron chi connectivity index (χ4n) is 2.72. The van der Waals surface area contributed by atoms with Crippen LogP contribution in [0.3, 0.4) is 0 Å². The van der Waals surface area contributed by atoms with E-state index in [1.165, 1.54) is 42.7 Å². The number of carbonyl (C=O) groups is 1. The van der Waals surface area contributed by atoms with E-state index in [-0.39, 0.29) is 35.0 Å². The van der Waals surface area contributed by atoms with Crippen molar-refractivity contribution in [2.24, 2.45) is 5.16 Å². The van der Waals surface area contributed by atoms with Gasteiger partial charge in [0, 0.05) is 32.7 Å². The molecule has 0 bridgehead atoms. The number of carbonyl (C=O) groups excluding carboxylic acids is 1. The molecule has 1 aromatic heterocycles. The summed E-state index contributed by atoms with van der Waals surface area (Å²) >= 11 is 0.667. The highest BCUT2D eigenvalue weighted by atomic mass is 32.2. The molecule has 2 heterocycles. The van der Waals surface area contributed by atoms with Crippen molar-refractivity contribution >= 4 is 38.1 Å². The van der Waals surface area contributed by atoms with Gasteiger partial charge in [-0.3, -0.25) is 10.1 Å². The third-order valence-corrected chi connectivity index (χ3v) is 7.11. The Bertz CT molecular complexity index is 1050. The number of rotatable bonds is 10. The minimum absolute atomic E-state index is 0.0479. The Kier molecular flexibility index (Phi) is 8.26. The van der Waals surface area contributed by atoms with Crippen LogP contribution >= 0.6 is 11.3 Å². The van der Waals surface area contributed by atoms with Crippen molar-refractivity contribution in [3.8, 4) is 0 Å². The van der Waals surface area contributed by atoms with Gasteiger partial charge in [0.25, 0.3) is 5.91 Å². The Hall–Kier alpha value is -2.45. The fourth-order valence-corrected chi connectivity index (χ4v) is 4.42. The largest absolute Gasteiger partial charge is 0.389 e. The van der Waals surface area contributed by atoms with Gasteiger partial charge in [0.05, 0.1) is 30.9 Å². The number of methoxy groups -OCH3 is 1. The van der Waals surface area contributed by atoms with E-state index in [0.717, 1.165) is 6.20 Å². The molecule has 10 nitrogen and oxygen atoms in total. The molecule has 0 saturated carbocycles. The molecule has 2 aromatic rings. The fraction of sp³-hybridized carbons (Fsp3) is 0.421. The third kappa shape index (κ3) is 6.07. The van der Waals surface area contributed by atoms with E-state index in [4.69, 9.17) is 14.3 Å². The third-order valence-electron chi connectivity index (χ3n) is 4.54. The molecule has 0 radical (unpaired) electrons. The predicted molar refractivity (Wildman–Crippen MR) is 116 cm³/mol. The van der Waals surface area contributed by atoms with E-state index in [9.17, 15) is 17.6 Å². The van der Waals surface area contributed by atoms with Crippen LogP contribution in [-0.4, -0.2) is 76.0 Å². The zero-order valence-electron chi connectivity index (χ0n) is 17.5. The summed E-state index contributed by atoms with van der Waals surface area (Å²) < 4.78 is 49.9. The van der Waals surface area contributed by atoms with Crippen LogP contribution in [0.5, 0.6) is 0 Å². The summed E-state index contributed by atoms with van der Waals surface area (Å²) in [5.41, 5.74) is 0.209. The summed E-state index contributed by atoms with van der Waals surface area (Å²) in [5, 5.41) is 5.95. The van der Waals surface area contributed by atoms with Gasteiger partial charge in [-0.15, -0.1) is 0 Å². The van der Waals surface area contributed by atoms with Crippen molar-refractivity contribution in [2.45, 2.75) is 17.4 Å². The number of nitrogens with one attached hydrogen (secondary N) is 1. The molecule has 32 heavy (non-hydrogen) atoms. The summed E-state index contributed by atoms with van der Waals surface area (Å²) in [7, 11) is -0.791. The van der Waals surface area contributed by atoms with Crippen LogP contribution in [-0.2, 0) is 29.1 Å². The Morgan fingerprint density at radius 2 is 2.16 bits per heavy atom. The first-order chi connectivity index (χ1) is 15.3. The van der Waals surface area contributed by atoms with Gasteiger partial charge < -0.3 is 14.3 Å². The molecule has 1 fully saturated rings. The van der Waals surface area contributed by atoms with Crippen molar-refractivity contribution < 1.29 is 31.9 Å². The van der Waals surface area contributed by atoms with Crippen LogP contribution < -0.4 is 5.32 Å². The topological polar surface area (TPSA) is 119 Å². The van der Waals surface area contributed by atoms with Crippen LogP contribution in [0.1, 0.15) is 12.0 Å². The average molecular weight is 487 g/mol. The number of hydrogen-bond acceptors (Lipinski definition) is 9. The number of sulfonamides is 1. The number of aromatic nitrogens is 1. The lowest BCUT2D eigenvalue weighted by Crippen LogP contribution is -2.30. The summed E-state index contributed by atoms with van der Waals surface area (Å²) in [6, 6.07) is 5.65. The number of hydrogen-bond donors (Lipinski definition) is 1. The van der Waals surface area contributed by atoms with Crippen LogP contribution in [0.2, 0.25) is 0 Å². The number of ether oxygens (including phenoxy) is 2. The van der Waals surface area contributed by atoms with Gasteiger partial charge >= 0.3 is 0 Å². The van der Waals surface area contributed by atoms with Gasteiger partial charge in [-0.2, -0.15) is 8.70 Å². The molecular weight excluding hydrogens is 463 g/mol. The molecule has 0 aliphatic carbocycles. The Morgan fingerprint density at radius 3 is 2.75 bits per heavy atom. The van der Waals surface area contributed by atoms with E-state index in [0.29, 0.717) is 36.5 Å². The summed E-state index contributed by atoms with van der Waals surface area (Å²) in [6.45, 7) is 1.33. The zero-order chi connectivity index (χ0) is 23.1. The van der Waals surface area contributed by atoms with E-state index < -0.39 is 21.1 Å². The zero-order valence-corrected chi connectivity index (χ0v) is 19.1. The molecular formula is C19H23FN4O6S2. The molecule has 1 saturated heterocycles. The maximum absolute atomic E-state index is 13.2. The van der Waals surface area contributed by atoms with E-state index in [2.05, 4.69) is 15.5 Å². The number of thiazole rings is 1. The van der Waals surface area contributed by atoms with Crippen molar-refractivity contribution in [2.75, 3.05) is 45.8 Å². The van der Waals surface area contributed by atoms with Crippen molar-refractivity contribution in [1.29, 1.82) is 0 Å². The van der Waals surface area contributed by atoms with Gasteiger partial charge in [0.2, 0.25) is 10.0 Å². The predicted octanol–water partition coefficient (Wildman–Crippen LogP) is 1.70. The second-order valence-electron chi connectivity index (χ2n) is 6.80. The Labute approximate surface area is 189 Å². The van der Waals surface area contributed by atoms with Crippen molar-refractivity contribution in [1.82, 2.24) is 9.29 Å². The molecule has 3 rings (SSSR count). The van der Waals surface area contributed by atoms with E-state index in [1.54, 1.807) is 0 Å². The van der Waals surface area contributed by atoms with Crippen LogP contribution in [0.15, 0.2) is 40.5 Å². The molecule has 1 aliphatic rings. The first kappa shape index (κ1) is 24.2. The number of nitrogens with zero attached hydrogens (tertiary/aromatic N) is 3. The SMILES string of the molecule is COCCN(C)S(=O)(=O)c1ccc(/C(=N\O[C@@H]2CCOC2)C(=O)Nc2ncc(F)s2)cc1. The minimum atomic E-state index is -3.73. The van der Waals surface area contributed by atoms with Crippen LogP contribution in [0, 0.1) is 5.13 Å². The monoisotopic (exact) mass is 486 g/mol. The maximum atomic E-state index is 13.2. The lowest BCUT2D eigenvalue weighted by molar-refractivity contribution is -0.110. The molecule has 174 valence electrons. The lowest BCUT2D eigenvalue weighted by atomic mass is 10.1. The van der Waals surface area contributed by atoms with Gasteiger partial charge in [-0.25, -0.2) is 13.4 Å². The highest BCUT2D eigenvalue weighted by Crippen LogP contribution is 2.19. The molecule has 13 heteroatoms. The molecule has 1 aromatic carbocycles. The van der Waals surface area contributed by atoms with Crippen molar-refractivity contribution in [3.05, 3.63) is 41.2 Å². The summed E-state index contributed by atoms with van der Waals surface area (Å²) in [4.78, 5) is 22.0. The molecule has 1 amide bonds. The first-order valence-corrected chi connectivity index (χ1v) is 11.9. The highest BCUT2D eigenvalue weighted by Gasteiger charge is 2.23. The summed E-state index contributed by atoms with van der Waals surface area (Å²) in [5.74, 6) is -0.675. The van der Waals surface area contributed by atoms with Gasteiger partial charge in [-0.1, -0.05) is 28.6 Å². The number of halogens is 1. The highest BCUT2D eigenvalue weighted by molar-refractivity contribution is 7.89. The second kappa shape index (κ2) is 10.9. The first-order valence-electron chi connectivity index (χ1n) is 9.61. The van der Waals surface area contributed by atoms with Gasteiger partial charge in [0.1, 0.15) is 0 Å². The quantitative estimate of drug-likeness (QED) is 0.401. The van der Waals surface area contributed by atoms with Crippen LogP contribution in [0.4, 0.5) is 9.52 Å². The number of oxime groups is 1. The number of benzene rings is 1. The average Bonchev–Trinajstić information content (AvgIpc) is 3.44. The molecule has 0 unspecified atom stereocenters. The molecule has 0 spiro atoms. The summed E-state index contributed by atoms with van der Waals surface area (Å²) in [6.07, 6.45) is 1.31. The Morgan fingerprint density at radius 1 is 1.41 bits per heavy atom. The molecule has 1 N–H and O–H groups in total. The van der Waals surface area contributed by atoms with Crippen molar-refractivity contribution in [3.63, 3.8) is 0 Å². The van der Waals surface area contributed by atoms with Crippen LogP contribution in [0.25, 0.3) is 0 Å². The Balaban J connectivity index is 1.83. The maximum Gasteiger partial charge on any atom is 0.280 e.